The minimum absolute atomic E-state index is 0.134. The van der Waals surface area contributed by atoms with Gasteiger partial charge in [-0.15, -0.1) is 0 Å². The first-order valence-electron chi connectivity index (χ1n) is 15.4. The van der Waals surface area contributed by atoms with Gasteiger partial charge in [-0.3, -0.25) is 0 Å². The maximum Gasteiger partial charge on any atom is 0.281 e. The average molecular weight is 721 g/mol. The van der Waals surface area contributed by atoms with E-state index in [9.17, 15) is 25.3 Å². The van der Waals surface area contributed by atoms with Crippen molar-refractivity contribution in [3.63, 3.8) is 0 Å². The summed E-state index contributed by atoms with van der Waals surface area (Å²) < 4.78 is 83.6. The van der Waals surface area contributed by atoms with Crippen LogP contribution in [0.5, 0.6) is 0 Å². The van der Waals surface area contributed by atoms with Gasteiger partial charge in [-0.1, -0.05) is 103 Å². The van der Waals surface area contributed by atoms with Crippen molar-refractivity contribution in [2.45, 2.75) is 37.4 Å². The Morgan fingerprint density at radius 2 is 0.958 bits per heavy atom. The number of nitrogens with zero attached hydrogens (tertiary/aromatic N) is 4. The lowest BCUT2D eigenvalue weighted by Crippen LogP contribution is -2.44. The van der Waals surface area contributed by atoms with Gasteiger partial charge in [-0.2, -0.15) is 51.9 Å². The molecule has 0 spiro atoms. The minimum Gasteiger partial charge on any atom is -0.195 e. The van der Waals surface area contributed by atoms with Crippen LogP contribution in [0.15, 0.2) is 103 Å². The zero-order valence-electron chi connectivity index (χ0n) is 28.3. The van der Waals surface area contributed by atoms with Crippen LogP contribution in [0, 0.1) is 0 Å². The Bertz CT molecular complexity index is 1690. The first-order valence-corrected chi connectivity index (χ1v) is 19.7. The van der Waals surface area contributed by atoms with Crippen molar-refractivity contribution < 1.29 is 25.3 Å². The fourth-order valence-electron chi connectivity index (χ4n) is 4.60. The molecule has 15 heteroatoms. The first-order chi connectivity index (χ1) is 22.5. The van der Waals surface area contributed by atoms with Crippen molar-refractivity contribution in [2.75, 3.05) is 48.8 Å². The molecule has 48 heavy (non-hydrogen) atoms. The highest BCUT2D eigenvalue weighted by molar-refractivity contribution is 7.87. The number of nitrogens with one attached hydrogen (secondary N) is 2. The molecule has 2 N–H and O–H groups in total. The van der Waals surface area contributed by atoms with E-state index in [4.69, 9.17) is 0 Å². The largest absolute Gasteiger partial charge is 0.281 e. The van der Waals surface area contributed by atoms with Crippen molar-refractivity contribution in [2.24, 2.45) is 0 Å². The molecule has 4 atom stereocenters. The van der Waals surface area contributed by atoms with Gasteiger partial charge in [0.2, 0.25) is 0 Å². The number of hydrogen-bond acceptors (Lipinski definition) is 6. The van der Waals surface area contributed by atoms with Crippen LogP contribution in [-0.2, 0) is 49.9 Å². The van der Waals surface area contributed by atoms with E-state index in [0.717, 1.165) is 26.2 Å². The van der Waals surface area contributed by atoms with Crippen LogP contribution in [-0.4, -0.2) is 109 Å². The molecule has 1 unspecified atom stereocenters. The van der Waals surface area contributed by atoms with Crippen LogP contribution >= 0.6 is 0 Å². The Balaban J connectivity index is 0.000000324. The summed E-state index contributed by atoms with van der Waals surface area (Å²) in [5.41, 5.74) is 3.10. The summed E-state index contributed by atoms with van der Waals surface area (Å²) in [6, 6.07) is 28.0. The summed E-state index contributed by atoms with van der Waals surface area (Å²) in [5, 5.41) is 0. The van der Waals surface area contributed by atoms with E-state index in [1.807, 2.05) is 91.0 Å². The molecule has 3 aromatic rings. The van der Waals surface area contributed by atoms with Gasteiger partial charge >= 0.3 is 0 Å². The third-order valence-corrected chi connectivity index (χ3v) is 12.6. The average Bonchev–Trinajstić information content (AvgIpc) is 3.81. The lowest BCUT2D eigenvalue weighted by molar-refractivity contribution is 0.477. The predicted octanol–water partition coefficient (Wildman–Crippen LogP) is 2.28. The molecule has 0 aromatic heterocycles. The molecule has 1 aliphatic rings. The third kappa shape index (κ3) is 12.5. The minimum atomic E-state index is -3.69. The molecule has 1 saturated heterocycles. The van der Waals surface area contributed by atoms with Gasteiger partial charge in [-0.25, -0.2) is 0 Å². The third-order valence-electron chi connectivity index (χ3n) is 7.47. The van der Waals surface area contributed by atoms with Crippen LogP contribution in [0.1, 0.15) is 16.7 Å². The van der Waals surface area contributed by atoms with Crippen LogP contribution < -0.4 is 9.44 Å². The van der Waals surface area contributed by atoms with E-state index in [-0.39, 0.29) is 6.04 Å². The second kappa shape index (κ2) is 17.6. The van der Waals surface area contributed by atoms with E-state index in [2.05, 4.69) is 9.44 Å². The fraction of sp³-hybridized carbons (Fsp3) is 0.394. The fourth-order valence-corrected chi connectivity index (χ4v) is 7.34. The lowest BCUT2D eigenvalue weighted by Gasteiger charge is -2.21. The van der Waals surface area contributed by atoms with E-state index < -0.39 is 42.7 Å². The summed E-state index contributed by atoms with van der Waals surface area (Å²) in [5.74, 6) is 0. The van der Waals surface area contributed by atoms with E-state index in [0.29, 0.717) is 19.4 Å². The highest BCUT2D eigenvalue weighted by atomic mass is 32.2. The molecule has 12 nitrogen and oxygen atoms in total. The lowest BCUT2D eigenvalue weighted by atomic mass is 10.0. The molecule has 4 rings (SSSR count). The summed E-state index contributed by atoms with van der Waals surface area (Å²) in [6.07, 6.45) is 5.05. The molecule has 0 saturated carbocycles. The van der Waals surface area contributed by atoms with Gasteiger partial charge in [0.25, 0.3) is 30.6 Å². The summed E-state index contributed by atoms with van der Waals surface area (Å²) >= 11 is 0. The van der Waals surface area contributed by atoms with E-state index in [1.165, 1.54) is 42.4 Å². The van der Waals surface area contributed by atoms with Gasteiger partial charge in [0.15, 0.2) is 0 Å². The van der Waals surface area contributed by atoms with Gasteiger partial charge in [0.05, 0.1) is 0 Å². The maximum atomic E-state index is 12.4. The highest BCUT2D eigenvalue weighted by Gasteiger charge is 2.44. The Labute approximate surface area is 287 Å². The van der Waals surface area contributed by atoms with E-state index >= 15 is 0 Å². The second-order valence-corrected chi connectivity index (χ2v) is 17.9. The highest BCUT2D eigenvalue weighted by Crippen LogP contribution is 2.27. The van der Waals surface area contributed by atoms with Crippen LogP contribution in [0.25, 0.3) is 0 Å². The molecule has 264 valence electrons. The van der Waals surface area contributed by atoms with Gasteiger partial charge in [0.1, 0.15) is 0 Å². The standard InChI is InChI=1S/C22H32N4O4S2.C11H16N2O2S/c1-25(2)31(27,28)23-21(17-19-11-7-5-8-12-19)15-16-22(24-32(29,30)26(3)4)18-20-13-9-6-10-14-20;1-12(2)16(14,15)13-9-11(13)8-10-6-4-3-5-7-10/h5-16,21-24H,17-18H2,1-4H3;3-7,11H,8-9H2,1-2H3/b16-15+;/t21-,22-;11-,13?/m10/s1. The van der Waals surface area contributed by atoms with Crippen molar-refractivity contribution in [1.29, 1.82) is 0 Å². The van der Waals surface area contributed by atoms with Crippen molar-refractivity contribution in [3.05, 3.63) is 120 Å². The smallest absolute Gasteiger partial charge is 0.195 e. The summed E-state index contributed by atoms with van der Waals surface area (Å²) in [7, 11) is -1.64. The zero-order valence-corrected chi connectivity index (χ0v) is 30.8. The molecular formula is C33H48N6O6S3. The SMILES string of the molecule is CN(C)S(=O)(=O)N1C[C@@H]1Cc1ccccc1.CN(C)S(=O)(=O)N[C@H](/C=C/[C@H](Cc1ccccc1)NS(=O)(=O)N(C)C)Cc1ccccc1. The molecule has 0 radical (unpaired) electrons. The Morgan fingerprint density at radius 1 is 0.604 bits per heavy atom. The first kappa shape index (κ1) is 39.4. The van der Waals surface area contributed by atoms with Gasteiger partial charge in [0, 0.05) is 67.0 Å². The quantitative estimate of drug-likeness (QED) is 0.172. The molecule has 3 aromatic carbocycles. The number of rotatable bonds is 16. The van der Waals surface area contributed by atoms with Gasteiger partial charge < -0.3 is 0 Å². The summed E-state index contributed by atoms with van der Waals surface area (Å²) in [4.78, 5) is 0. The number of hydrogen-bond donors (Lipinski definition) is 2. The molecule has 1 heterocycles. The van der Waals surface area contributed by atoms with E-state index in [1.54, 1.807) is 26.2 Å². The van der Waals surface area contributed by atoms with Crippen molar-refractivity contribution in [1.82, 2.24) is 26.7 Å². The van der Waals surface area contributed by atoms with Crippen LogP contribution in [0.3, 0.4) is 0 Å². The molecule has 0 amide bonds. The predicted molar refractivity (Wildman–Crippen MR) is 192 cm³/mol. The second-order valence-electron chi connectivity index (χ2n) is 12.0. The molecule has 1 fully saturated rings. The van der Waals surface area contributed by atoms with Crippen LogP contribution in [0.2, 0.25) is 0 Å². The van der Waals surface area contributed by atoms with Crippen LogP contribution in [0.4, 0.5) is 0 Å². The Kier molecular flexibility index (Phi) is 14.5. The monoisotopic (exact) mass is 720 g/mol. The maximum absolute atomic E-state index is 12.4. The normalized spacial score (nSPS) is 18.1. The van der Waals surface area contributed by atoms with Crippen molar-refractivity contribution in [3.8, 4) is 0 Å². The molecule has 0 bridgehead atoms. The topological polar surface area (TPSA) is 139 Å². The zero-order chi connectivity index (χ0) is 35.5. The Hall–Kier alpha value is -2.99. The Morgan fingerprint density at radius 3 is 1.29 bits per heavy atom. The summed E-state index contributed by atoms with van der Waals surface area (Å²) in [6.45, 7) is 0.634. The molecule has 1 aliphatic heterocycles. The number of benzene rings is 3. The molecule has 0 aliphatic carbocycles. The van der Waals surface area contributed by atoms with Gasteiger partial charge in [-0.05, 0) is 36.0 Å². The van der Waals surface area contributed by atoms with Crippen molar-refractivity contribution >= 4 is 30.6 Å². The molecular weight excluding hydrogens is 673 g/mol.